The maximum Gasteiger partial charge on any atom is 0.308 e. The standard InChI is InChI=1S/C13H13F2NO4S/c14-7-1-3-10(15)12(5-7)21(19,20)16-8-2-4-11(16)9(6-8)13(17)18/h1,3,5,8-9,11H,2,4,6H2,(H,17,18). The second-order valence-corrected chi connectivity index (χ2v) is 7.20. The van der Waals surface area contributed by atoms with Crippen LogP contribution in [-0.2, 0) is 14.8 Å². The molecule has 0 aliphatic carbocycles. The Morgan fingerprint density at radius 3 is 2.62 bits per heavy atom. The van der Waals surface area contributed by atoms with Crippen LogP contribution >= 0.6 is 0 Å². The first-order valence-corrected chi connectivity index (χ1v) is 7.98. The van der Waals surface area contributed by atoms with Gasteiger partial charge in [0.05, 0.1) is 5.92 Å². The molecule has 0 saturated carbocycles. The molecule has 2 saturated heterocycles. The lowest BCUT2D eigenvalue weighted by molar-refractivity contribution is -0.142. The van der Waals surface area contributed by atoms with E-state index in [0.29, 0.717) is 18.9 Å². The van der Waals surface area contributed by atoms with Gasteiger partial charge in [0.1, 0.15) is 16.5 Å². The second-order valence-electron chi connectivity index (χ2n) is 5.39. The molecule has 1 aromatic carbocycles. The molecule has 2 heterocycles. The van der Waals surface area contributed by atoms with Crippen LogP contribution in [0.5, 0.6) is 0 Å². The molecular weight excluding hydrogens is 304 g/mol. The van der Waals surface area contributed by atoms with Gasteiger partial charge in [0.2, 0.25) is 10.0 Å². The molecule has 2 fully saturated rings. The third-order valence-corrected chi connectivity index (χ3v) is 6.23. The minimum absolute atomic E-state index is 0.218. The van der Waals surface area contributed by atoms with Gasteiger partial charge in [-0.1, -0.05) is 0 Å². The largest absolute Gasteiger partial charge is 0.481 e. The summed E-state index contributed by atoms with van der Waals surface area (Å²) in [6.45, 7) is 0. The van der Waals surface area contributed by atoms with Crippen molar-refractivity contribution in [1.82, 2.24) is 4.31 Å². The molecule has 1 aromatic rings. The van der Waals surface area contributed by atoms with Crippen LogP contribution < -0.4 is 0 Å². The summed E-state index contributed by atoms with van der Waals surface area (Å²) in [5.74, 6) is -3.72. The minimum atomic E-state index is -4.24. The molecule has 8 heteroatoms. The topological polar surface area (TPSA) is 74.7 Å². The SMILES string of the molecule is O=C(O)C1CC2CCC1N2S(=O)(=O)c1cc(F)ccc1F. The molecule has 114 valence electrons. The van der Waals surface area contributed by atoms with E-state index in [-0.39, 0.29) is 6.42 Å². The van der Waals surface area contributed by atoms with E-state index in [1.807, 2.05) is 0 Å². The van der Waals surface area contributed by atoms with Crippen LogP contribution in [0.25, 0.3) is 0 Å². The summed E-state index contributed by atoms with van der Waals surface area (Å²) in [5.41, 5.74) is 0. The molecule has 0 spiro atoms. The quantitative estimate of drug-likeness (QED) is 0.919. The zero-order valence-corrected chi connectivity index (χ0v) is 11.7. The smallest absolute Gasteiger partial charge is 0.308 e. The van der Waals surface area contributed by atoms with Crippen LogP contribution in [-0.4, -0.2) is 35.9 Å². The summed E-state index contributed by atoms with van der Waals surface area (Å²) in [6.07, 6.45) is 1.19. The molecule has 2 aliphatic heterocycles. The van der Waals surface area contributed by atoms with E-state index in [9.17, 15) is 22.0 Å². The van der Waals surface area contributed by atoms with Crippen molar-refractivity contribution in [1.29, 1.82) is 0 Å². The normalized spacial score (nSPS) is 29.0. The van der Waals surface area contributed by atoms with Gasteiger partial charge >= 0.3 is 5.97 Å². The second kappa shape index (κ2) is 4.74. The molecule has 5 nitrogen and oxygen atoms in total. The number of nitrogens with zero attached hydrogens (tertiary/aromatic N) is 1. The first-order valence-electron chi connectivity index (χ1n) is 6.54. The molecule has 3 unspecified atom stereocenters. The number of halogens is 2. The number of carbonyl (C=O) groups is 1. The highest BCUT2D eigenvalue weighted by molar-refractivity contribution is 7.89. The first-order chi connectivity index (χ1) is 9.82. The average Bonchev–Trinajstić information content (AvgIpc) is 2.99. The number of benzene rings is 1. The Morgan fingerprint density at radius 2 is 2.00 bits per heavy atom. The minimum Gasteiger partial charge on any atom is -0.481 e. The third kappa shape index (κ3) is 2.13. The van der Waals surface area contributed by atoms with Crippen LogP contribution in [0, 0.1) is 17.6 Å². The summed E-state index contributed by atoms with van der Waals surface area (Å²) in [4.78, 5) is 10.4. The maximum atomic E-state index is 13.8. The maximum absolute atomic E-state index is 13.8. The Bertz CT molecular complexity index is 706. The third-order valence-electron chi connectivity index (χ3n) is 4.24. The van der Waals surface area contributed by atoms with Crippen molar-refractivity contribution < 1.29 is 27.1 Å². The lowest BCUT2D eigenvalue weighted by atomic mass is 9.89. The van der Waals surface area contributed by atoms with Crippen molar-refractivity contribution in [3.8, 4) is 0 Å². The van der Waals surface area contributed by atoms with Gasteiger partial charge in [-0.2, -0.15) is 4.31 Å². The van der Waals surface area contributed by atoms with E-state index in [1.165, 1.54) is 0 Å². The number of carboxylic acid groups (broad SMARTS) is 1. The number of aliphatic carboxylic acids is 1. The Kier molecular flexibility index (Phi) is 3.25. The van der Waals surface area contributed by atoms with Crippen molar-refractivity contribution in [3.05, 3.63) is 29.8 Å². The summed E-state index contributed by atoms with van der Waals surface area (Å²) in [5, 5.41) is 9.13. The number of fused-ring (bicyclic) bond motifs is 2. The zero-order valence-electron chi connectivity index (χ0n) is 10.9. The molecule has 1 N–H and O–H groups in total. The summed E-state index contributed by atoms with van der Waals surface area (Å²) < 4.78 is 53.2. The summed E-state index contributed by atoms with van der Waals surface area (Å²) >= 11 is 0. The van der Waals surface area contributed by atoms with E-state index >= 15 is 0 Å². The fraction of sp³-hybridized carbons (Fsp3) is 0.462. The van der Waals surface area contributed by atoms with Gasteiger partial charge in [-0.25, -0.2) is 17.2 Å². The highest BCUT2D eigenvalue weighted by Crippen LogP contribution is 2.45. The molecule has 21 heavy (non-hydrogen) atoms. The van der Waals surface area contributed by atoms with Gasteiger partial charge in [-0.05, 0) is 37.5 Å². The predicted molar refractivity (Wildman–Crippen MR) is 67.9 cm³/mol. The van der Waals surface area contributed by atoms with Crippen LogP contribution in [0.15, 0.2) is 23.1 Å². The van der Waals surface area contributed by atoms with Gasteiger partial charge in [0.15, 0.2) is 0 Å². The van der Waals surface area contributed by atoms with Crippen molar-refractivity contribution >= 4 is 16.0 Å². The summed E-state index contributed by atoms with van der Waals surface area (Å²) in [6, 6.07) is 1.10. The monoisotopic (exact) mass is 317 g/mol. The van der Waals surface area contributed by atoms with E-state index in [4.69, 9.17) is 5.11 Å². The molecule has 0 amide bonds. The summed E-state index contributed by atoms with van der Waals surface area (Å²) in [7, 11) is -4.24. The zero-order chi connectivity index (χ0) is 15.4. The Morgan fingerprint density at radius 1 is 1.29 bits per heavy atom. The Balaban J connectivity index is 2.04. The van der Waals surface area contributed by atoms with E-state index in [2.05, 4.69) is 0 Å². The van der Waals surface area contributed by atoms with E-state index in [1.54, 1.807) is 0 Å². The molecule has 3 atom stereocenters. The number of hydrogen-bond acceptors (Lipinski definition) is 3. The first kappa shape index (κ1) is 14.4. The van der Waals surface area contributed by atoms with E-state index in [0.717, 1.165) is 16.4 Å². The Labute approximate surface area is 120 Å². The Hall–Kier alpha value is -1.54. The van der Waals surface area contributed by atoms with Crippen molar-refractivity contribution in [3.63, 3.8) is 0 Å². The molecule has 0 radical (unpaired) electrons. The van der Waals surface area contributed by atoms with Crippen LogP contribution in [0.1, 0.15) is 19.3 Å². The van der Waals surface area contributed by atoms with Gasteiger partial charge in [0.25, 0.3) is 0 Å². The fourth-order valence-corrected chi connectivity index (χ4v) is 5.36. The van der Waals surface area contributed by atoms with Crippen LogP contribution in [0.3, 0.4) is 0 Å². The fourth-order valence-electron chi connectivity index (χ4n) is 3.37. The molecule has 3 rings (SSSR count). The average molecular weight is 317 g/mol. The van der Waals surface area contributed by atoms with Crippen LogP contribution in [0.4, 0.5) is 8.78 Å². The van der Waals surface area contributed by atoms with Crippen molar-refractivity contribution in [2.75, 3.05) is 0 Å². The highest BCUT2D eigenvalue weighted by Gasteiger charge is 2.54. The molecule has 2 aliphatic rings. The number of sulfonamides is 1. The van der Waals surface area contributed by atoms with Crippen LogP contribution in [0.2, 0.25) is 0 Å². The molecular formula is C13H13F2NO4S. The van der Waals surface area contributed by atoms with Gasteiger partial charge < -0.3 is 5.11 Å². The van der Waals surface area contributed by atoms with Crippen molar-refractivity contribution in [2.45, 2.75) is 36.2 Å². The predicted octanol–water partition coefficient (Wildman–Crippen LogP) is 1.59. The molecule has 0 aromatic heterocycles. The lowest BCUT2D eigenvalue weighted by Crippen LogP contribution is -2.38. The van der Waals surface area contributed by atoms with Gasteiger partial charge in [0, 0.05) is 12.1 Å². The number of carboxylic acids is 1. The van der Waals surface area contributed by atoms with Crippen molar-refractivity contribution in [2.24, 2.45) is 5.92 Å². The number of hydrogen-bond donors (Lipinski definition) is 1. The van der Waals surface area contributed by atoms with E-state index < -0.39 is 50.5 Å². The molecule has 2 bridgehead atoms. The lowest BCUT2D eigenvalue weighted by Gasteiger charge is -2.22. The highest BCUT2D eigenvalue weighted by atomic mass is 32.2. The number of rotatable bonds is 3. The van der Waals surface area contributed by atoms with Gasteiger partial charge in [-0.3, -0.25) is 4.79 Å². The van der Waals surface area contributed by atoms with Gasteiger partial charge in [-0.15, -0.1) is 0 Å².